The van der Waals surface area contributed by atoms with Crippen LogP contribution in [-0.4, -0.2) is 48.5 Å². The Morgan fingerprint density at radius 1 is 1.20 bits per heavy atom. The highest BCUT2D eigenvalue weighted by Gasteiger charge is 2.37. The van der Waals surface area contributed by atoms with E-state index >= 15 is 0 Å². The minimum atomic E-state index is -3.16. The topological polar surface area (TPSA) is 95.9 Å². The lowest BCUT2D eigenvalue weighted by molar-refractivity contribution is -0.133. The van der Waals surface area contributed by atoms with Crippen LogP contribution in [0.2, 0.25) is 10.0 Å². The molecule has 1 aromatic rings. The summed E-state index contributed by atoms with van der Waals surface area (Å²) in [4.78, 5) is 24.5. The van der Waals surface area contributed by atoms with Crippen LogP contribution in [0.5, 0.6) is 0 Å². The van der Waals surface area contributed by atoms with E-state index in [4.69, 9.17) is 23.2 Å². The van der Waals surface area contributed by atoms with E-state index in [1.54, 1.807) is 12.1 Å². The molecule has 7 nitrogen and oxygen atoms in total. The van der Waals surface area contributed by atoms with Crippen LogP contribution in [0.1, 0.15) is 19.3 Å². The summed E-state index contributed by atoms with van der Waals surface area (Å²) in [5, 5.41) is 8.65. The first kappa shape index (κ1) is 18.2. The van der Waals surface area contributed by atoms with Crippen molar-refractivity contribution in [1.82, 2.24) is 5.01 Å². The van der Waals surface area contributed by atoms with Gasteiger partial charge in [0.15, 0.2) is 9.84 Å². The van der Waals surface area contributed by atoms with Crippen LogP contribution in [0.25, 0.3) is 0 Å². The van der Waals surface area contributed by atoms with E-state index in [1.165, 1.54) is 6.07 Å². The fourth-order valence-corrected chi connectivity index (χ4v) is 5.04. The zero-order chi connectivity index (χ0) is 18.2. The van der Waals surface area contributed by atoms with Crippen molar-refractivity contribution in [2.45, 2.75) is 25.3 Å². The maximum absolute atomic E-state index is 12.4. The first-order valence-electron chi connectivity index (χ1n) is 7.61. The second kappa shape index (κ2) is 6.93. The van der Waals surface area contributed by atoms with E-state index < -0.39 is 21.8 Å². The maximum atomic E-state index is 12.4. The number of sulfone groups is 1. The number of rotatable bonds is 3. The molecule has 25 heavy (non-hydrogen) atoms. The fourth-order valence-electron chi connectivity index (χ4n) is 2.82. The Hall–Kier alpha value is -1.64. The summed E-state index contributed by atoms with van der Waals surface area (Å²) >= 11 is 11.8. The number of carbonyl (C=O) groups is 2. The highest BCUT2D eigenvalue weighted by atomic mass is 35.5. The van der Waals surface area contributed by atoms with Gasteiger partial charge in [-0.2, -0.15) is 5.10 Å². The number of carbonyl (C=O) groups excluding carboxylic acids is 2. The lowest BCUT2D eigenvalue weighted by atomic mass is 10.1. The monoisotopic (exact) mass is 403 g/mol. The Balaban J connectivity index is 1.77. The van der Waals surface area contributed by atoms with Gasteiger partial charge in [0.1, 0.15) is 5.71 Å². The molecule has 3 rings (SSSR count). The molecule has 2 amide bonds. The largest absolute Gasteiger partial charge is 0.321 e. The number of halogens is 2. The minimum absolute atomic E-state index is 0.0273. The predicted molar refractivity (Wildman–Crippen MR) is 95.7 cm³/mol. The first-order valence-corrected chi connectivity index (χ1v) is 10.2. The van der Waals surface area contributed by atoms with Gasteiger partial charge in [0, 0.05) is 28.6 Å². The lowest BCUT2D eigenvalue weighted by Gasteiger charge is -2.27. The van der Waals surface area contributed by atoms with Crippen LogP contribution in [-0.2, 0) is 19.4 Å². The lowest BCUT2D eigenvalue weighted by Crippen LogP contribution is -2.42. The summed E-state index contributed by atoms with van der Waals surface area (Å²) in [6.45, 7) is 0. The van der Waals surface area contributed by atoms with Crippen LogP contribution >= 0.6 is 23.2 Å². The van der Waals surface area contributed by atoms with Gasteiger partial charge in [0.05, 0.1) is 17.5 Å². The molecule has 1 atom stereocenters. The Morgan fingerprint density at radius 2 is 1.88 bits per heavy atom. The molecule has 10 heteroatoms. The molecule has 0 saturated carbocycles. The number of anilines is 1. The van der Waals surface area contributed by atoms with Gasteiger partial charge in [-0.05, 0) is 24.6 Å². The average molecular weight is 404 g/mol. The number of benzene rings is 1. The van der Waals surface area contributed by atoms with Gasteiger partial charge in [-0.3, -0.25) is 9.59 Å². The zero-order valence-electron chi connectivity index (χ0n) is 13.0. The molecule has 0 spiro atoms. The number of hydrogen-bond acceptors (Lipinski definition) is 5. The molecule has 0 unspecified atom stereocenters. The number of hydrazone groups is 1. The van der Waals surface area contributed by atoms with Crippen molar-refractivity contribution < 1.29 is 18.0 Å². The van der Waals surface area contributed by atoms with E-state index in [0.717, 1.165) is 5.01 Å². The normalized spacial score (nSPS) is 22.6. The van der Waals surface area contributed by atoms with Crippen molar-refractivity contribution in [2.75, 3.05) is 16.8 Å². The van der Waals surface area contributed by atoms with Crippen LogP contribution in [0, 0.1) is 0 Å². The Labute approximate surface area is 154 Å². The van der Waals surface area contributed by atoms with Crippen LogP contribution < -0.4 is 5.32 Å². The molecule has 0 aromatic heterocycles. The highest BCUT2D eigenvalue weighted by molar-refractivity contribution is 7.91. The van der Waals surface area contributed by atoms with E-state index in [-0.39, 0.29) is 36.0 Å². The summed E-state index contributed by atoms with van der Waals surface area (Å²) < 4.78 is 23.2. The van der Waals surface area contributed by atoms with Gasteiger partial charge in [0.2, 0.25) is 5.91 Å². The van der Waals surface area contributed by atoms with Crippen molar-refractivity contribution in [1.29, 1.82) is 0 Å². The molecule has 1 saturated heterocycles. The molecular weight excluding hydrogens is 389 g/mol. The standard InChI is InChI=1S/C15H15Cl2N3O4S/c16-9-5-10(17)7-11(6-9)18-15(22)13-1-2-14(21)20(19-13)12-3-4-25(23,24)8-12/h5-7,12H,1-4,8H2,(H,18,22)/t12-/m0/s1. The molecule has 134 valence electrons. The number of nitrogens with one attached hydrogen (secondary N) is 1. The van der Waals surface area contributed by atoms with E-state index in [1.807, 2.05) is 0 Å². The van der Waals surface area contributed by atoms with E-state index in [0.29, 0.717) is 22.2 Å². The van der Waals surface area contributed by atoms with Gasteiger partial charge in [-0.15, -0.1) is 0 Å². The van der Waals surface area contributed by atoms with Gasteiger partial charge in [-0.25, -0.2) is 13.4 Å². The van der Waals surface area contributed by atoms with Gasteiger partial charge in [0.25, 0.3) is 5.91 Å². The molecule has 0 aliphatic carbocycles. The molecule has 1 N–H and O–H groups in total. The van der Waals surface area contributed by atoms with Crippen molar-refractivity contribution in [3.63, 3.8) is 0 Å². The minimum Gasteiger partial charge on any atom is -0.321 e. The van der Waals surface area contributed by atoms with E-state index in [9.17, 15) is 18.0 Å². The van der Waals surface area contributed by atoms with Crippen molar-refractivity contribution in [3.05, 3.63) is 28.2 Å². The molecule has 2 aliphatic heterocycles. The molecule has 1 aromatic carbocycles. The Kier molecular flexibility index (Phi) is 5.04. The SMILES string of the molecule is O=C(Nc1cc(Cl)cc(Cl)c1)C1=NN([C@H]2CCS(=O)(=O)C2)C(=O)CC1. The summed E-state index contributed by atoms with van der Waals surface area (Å²) in [7, 11) is -3.16. The Morgan fingerprint density at radius 3 is 2.48 bits per heavy atom. The molecular formula is C15H15Cl2N3O4S. The average Bonchev–Trinajstić information content (AvgIpc) is 2.86. The van der Waals surface area contributed by atoms with Crippen LogP contribution in [0.3, 0.4) is 0 Å². The maximum Gasteiger partial charge on any atom is 0.271 e. The van der Waals surface area contributed by atoms with Gasteiger partial charge < -0.3 is 5.32 Å². The predicted octanol–water partition coefficient (Wildman–Crippen LogP) is 2.10. The molecule has 1 fully saturated rings. The number of nitrogens with zero attached hydrogens (tertiary/aromatic N) is 2. The third kappa shape index (κ3) is 4.31. The summed E-state index contributed by atoms with van der Waals surface area (Å²) in [6.07, 6.45) is 0.629. The molecule has 0 radical (unpaired) electrons. The number of hydrogen-bond donors (Lipinski definition) is 1. The highest BCUT2D eigenvalue weighted by Crippen LogP contribution is 2.24. The fraction of sp³-hybridized carbons (Fsp3) is 0.400. The third-order valence-electron chi connectivity index (χ3n) is 4.00. The molecule has 0 bridgehead atoms. The first-order chi connectivity index (χ1) is 11.7. The van der Waals surface area contributed by atoms with Gasteiger partial charge in [-0.1, -0.05) is 23.2 Å². The third-order valence-corrected chi connectivity index (χ3v) is 6.18. The summed E-state index contributed by atoms with van der Waals surface area (Å²) in [5.74, 6) is -0.846. The number of amides is 2. The van der Waals surface area contributed by atoms with E-state index in [2.05, 4.69) is 10.4 Å². The summed E-state index contributed by atoms with van der Waals surface area (Å²) in [5.41, 5.74) is 0.581. The van der Waals surface area contributed by atoms with Crippen molar-refractivity contribution >= 4 is 56.3 Å². The van der Waals surface area contributed by atoms with Crippen LogP contribution in [0.4, 0.5) is 5.69 Å². The van der Waals surface area contributed by atoms with Crippen molar-refractivity contribution in [2.24, 2.45) is 5.10 Å². The molecule has 2 heterocycles. The quantitative estimate of drug-likeness (QED) is 0.835. The Bertz CT molecular complexity index is 849. The van der Waals surface area contributed by atoms with Gasteiger partial charge >= 0.3 is 0 Å². The second-order valence-electron chi connectivity index (χ2n) is 5.95. The zero-order valence-corrected chi connectivity index (χ0v) is 15.4. The van der Waals surface area contributed by atoms with Crippen LogP contribution in [0.15, 0.2) is 23.3 Å². The molecule has 2 aliphatic rings. The summed E-state index contributed by atoms with van der Waals surface area (Å²) in [6, 6.07) is 4.11. The second-order valence-corrected chi connectivity index (χ2v) is 9.06. The van der Waals surface area contributed by atoms with Crippen molar-refractivity contribution in [3.8, 4) is 0 Å². The smallest absolute Gasteiger partial charge is 0.271 e.